The molecule has 3 N–H and O–H groups in total. The molecule has 0 spiro atoms. The number of aromatic nitrogens is 2. The minimum absolute atomic E-state index is 0.344. The van der Waals surface area contributed by atoms with Crippen LogP contribution in [0.15, 0.2) is 30.3 Å². The number of nitrogens with one attached hydrogen (secondary N) is 1. The van der Waals surface area contributed by atoms with E-state index in [9.17, 15) is 0 Å². The number of benzene rings is 1. The smallest absolute Gasteiger partial charge is 0.222 e. The Bertz CT molecular complexity index is 775. The first-order valence-electron chi connectivity index (χ1n) is 9.49. The third kappa shape index (κ3) is 2.58. The van der Waals surface area contributed by atoms with E-state index in [1.165, 1.54) is 24.0 Å². The Morgan fingerprint density at radius 3 is 2.76 bits per heavy atom. The molecule has 3 heterocycles. The Balaban J connectivity index is 1.54. The molecule has 3 atom stereocenters. The van der Waals surface area contributed by atoms with E-state index >= 15 is 0 Å². The number of fused-ring (bicyclic) bond motifs is 2. The molecule has 130 valence electrons. The van der Waals surface area contributed by atoms with Gasteiger partial charge in [-0.3, -0.25) is 0 Å². The van der Waals surface area contributed by atoms with Crippen molar-refractivity contribution in [3.8, 4) is 0 Å². The van der Waals surface area contributed by atoms with Crippen LogP contribution >= 0.6 is 0 Å². The highest BCUT2D eigenvalue weighted by atomic mass is 15.2. The van der Waals surface area contributed by atoms with Crippen molar-refractivity contribution in [3.05, 3.63) is 47.2 Å². The van der Waals surface area contributed by atoms with Gasteiger partial charge in [0.2, 0.25) is 5.95 Å². The van der Waals surface area contributed by atoms with Crippen LogP contribution in [0, 0.1) is 5.92 Å². The molecule has 2 fully saturated rings. The van der Waals surface area contributed by atoms with Gasteiger partial charge in [0.05, 0.1) is 5.69 Å². The first-order valence-corrected chi connectivity index (χ1v) is 9.49. The van der Waals surface area contributed by atoms with E-state index in [-0.39, 0.29) is 0 Å². The molecule has 5 nitrogen and oxygen atoms in total. The molecule has 3 aliphatic rings. The highest BCUT2D eigenvalue weighted by molar-refractivity contribution is 5.55. The number of nitrogens with two attached hydrogens (primary N) is 1. The molecule has 2 saturated heterocycles. The minimum Gasteiger partial charge on any atom is -0.368 e. The summed E-state index contributed by atoms with van der Waals surface area (Å²) in [5.74, 6) is 2.63. The van der Waals surface area contributed by atoms with E-state index in [4.69, 9.17) is 15.7 Å². The van der Waals surface area contributed by atoms with Gasteiger partial charge in [0.1, 0.15) is 5.82 Å². The fourth-order valence-corrected chi connectivity index (χ4v) is 4.77. The van der Waals surface area contributed by atoms with Gasteiger partial charge in [0, 0.05) is 43.1 Å². The second kappa shape index (κ2) is 5.99. The normalized spacial score (nSPS) is 28.0. The van der Waals surface area contributed by atoms with Crippen molar-refractivity contribution in [1.29, 1.82) is 0 Å². The Morgan fingerprint density at radius 1 is 1.12 bits per heavy atom. The van der Waals surface area contributed by atoms with E-state index in [0.29, 0.717) is 17.9 Å². The molecule has 1 aromatic heterocycles. The maximum Gasteiger partial charge on any atom is 0.222 e. The van der Waals surface area contributed by atoms with Gasteiger partial charge in [-0.25, -0.2) is 4.98 Å². The number of hydrogen-bond acceptors (Lipinski definition) is 5. The lowest BCUT2D eigenvalue weighted by Gasteiger charge is -2.47. The summed E-state index contributed by atoms with van der Waals surface area (Å²) in [6.45, 7) is 3.29. The van der Waals surface area contributed by atoms with E-state index in [1.807, 2.05) is 0 Å². The summed E-state index contributed by atoms with van der Waals surface area (Å²) in [6.07, 6.45) is 4.60. The van der Waals surface area contributed by atoms with Crippen LogP contribution in [0.4, 0.5) is 11.8 Å². The minimum atomic E-state index is 0.344. The average molecular weight is 335 g/mol. The molecule has 5 heteroatoms. The average Bonchev–Trinajstić information content (AvgIpc) is 2.62. The van der Waals surface area contributed by atoms with Crippen molar-refractivity contribution in [2.24, 2.45) is 5.92 Å². The maximum atomic E-state index is 6.14. The van der Waals surface area contributed by atoms with Crippen molar-refractivity contribution in [2.75, 3.05) is 30.3 Å². The van der Waals surface area contributed by atoms with Gasteiger partial charge in [0.15, 0.2) is 0 Å². The standard InChI is InChI=1S/C20H25N5/c21-20-23-18-15(13-5-2-1-3-6-13)7-4-8-16(18)19(24-20)25-10-9-17-14(12-25)11-22-17/h1-3,5-6,14-15,17,22H,4,7-12H2,(H2,21,23,24). The Hall–Kier alpha value is -2.14. The van der Waals surface area contributed by atoms with Gasteiger partial charge >= 0.3 is 0 Å². The van der Waals surface area contributed by atoms with Crippen molar-refractivity contribution < 1.29 is 0 Å². The van der Waals surface area contributed by atoms with Crippen LogP contribution in [0.5, 0.6) is 0 Å². The molecule has 0 radical (unpaired) electrons. The summed E-state index contributed by atoms with van der Waals surface area (Å²) >= 11 is 0. The van der Waals surface area contributed by atoms with Gasteiger partial charge in [-0.1, -0.05) is 30.3 Å². The van der Waals surface area contributed by atoms with Crippen LogP contribution in [0.25, 0.3) is 0 Å². The second-order valence-corrected chi connectivity index (χ2v) is 7.63. The fourth-order valence-electron chi connectivity index (χ4n) is 4.77. The molecule has 0 saturated carbocycles. The van der Waals surface area contributed by atoms with Crippen LogP contribution in [0.2, 0.25) is 0 Å². The van der Waals surface area contributed by atoms with E-state index in [2.05, 4.69) is 40.5 Å². The number of hydrogen-bond donors (Lipinski definition) is 2. The molecule has 2 aromatic rings. The number of piperidine rings is 1. The van der Waals surface area contributed by atoms with E-state index in [0.717, 1.165) is 49.9 Å². The molecule has 5 rings (SSSR count). The van der Waals surface area contributed by atoms with Crippen LogP contribution in [-0.4, -0.2) is 35.6 Å². The lowest BCUT2D eigenvalue weighted by Crippen LogP contribution is -2.61. The quantitative estimate of drug-likeness (QED) is 0.882. The zero-order valence-electron chi connectivity index (χ0n) is 14.5. The van der Waals surface area contributed by atoms with Gasteiger partial charge in [-0.2, -0.15) is 4.98 Å². The summed E-state index contributed by atoms with van der Waals surface area (Å²) < 4.78 is 0. The molecular weight excluding hydrogens is 310 g/mol. The molecular formula is C20H25N5. The lowest BCUT2D eigenvalue weighted by atomic mass is 9.81. The first kappa shape index (κ1) is 15.1. The molecule has 0 bridgehead atoms. The van der Waals surface area contributed by atoms with E-state index in [1.54, 1.807) is 0 Å². The van der Waals surface area contributed by atoms with Crippen LogP contribution < -0.4 is 16.0 Å². The van der Waals surface area contributed by atoms with Gasteiger partial charge in [-0.05, 0) is 31.2 Å². The Kier molecular flexibility index (Phi) is 3.63. The zero-order chi connectivity index (χ0) is 16.8. The van der Waals surface area contributed by atoms with Crippen molar-refractivity contribution in [1.82, 2.24) is 15.3 Å². The second-order valence-electron chi connectivity index (χ2n) is 7.63. The monoisotopic (exact) mass is 335 g/mol. The number of rotatable bonds is 2. The predicted molar refractivity (Wildman–Crippen MR) is 99.8 cm³/mol. The van der Waals surface area contributed by atoms with Crippen LogP contribution in [-0.2, 0) is 6.42 Å². The topological polar surface area (TPSA) is 67.1 Å². The number of nitrogens with zero attached hydrogens (tertiary/aromatic N) is 3. The number of nitrogen functional groups attached to an aromatic ring is 1. The Morgan fingerprint density at radius 2 is 2.00 bits per heavy atom. The molecule has 1 aliphatic carbocycles. The van der Waals surface area contributed by atoms with Crippen molar-refractivity contribution in [3.63, 3.8) is 0 Å². The summed E-state index contributed by atoms with van der Waals surface area (Å²) in [5, 5.41) is 3.54. The molecule has 3 unspecified atom stereocenters. The first-order chi connectivity index (χ1) is 12.3. The molecule has 1 aromatic carbocycles. The zero-order valence-corrected chi connectivity index (χ0v) is 14.5. The summed E-state index contributed by atoms with van der Waals surface area (Å²) in [6, 6.07) is 11.4. The van der Waals surface area contributed by atoms with Gasteiger partial charge in [0.25, 0.3) is 0 Å². The van der Waals surface area contributed by atoms with E-state index < -0.39 is 0 Å². The SMILES string of the molecule is Nc1nc2c(c(N3CCC4NCC4C3)n1)CCCC2c1ccccc1. The van der Waals surface area contributed by atoms with Crippen molar-refractivity contribution in [2.45, 2.75) is 37.6 Å². The lowest BCUT2D eigenvalue weighted by molar-refractivity contribution is 0.198. The summed E-state index contributed by atoms with van der Waals surface area (Å²) in [7, 11) is 0. The third-order valence-corrected chi connectivity index (χ3v) is 6.16. The predicted octanol–water partition coefficient (Wildman–Crippen LogP) is 2.33. The highest BCUT2D eigenvalue weighted by Gasteiger charge is 2.37. The fraction of sp³-hybridized carbons (Fsp3) is 0.500. The van der Waals surface area contributed by atoms with Gasteiger partial charge in [-0.15, -0.1) is 0 Å². The summed E-state index contributed by atoms with van der Waals surface area (Å²) in [5.41, 5.74) is 9.98. The largest absolute Gasteiger partial charge is 0.368 e. The highest BCUT2D eigenvalue weighted by Crippen LogP contribution is 2.40. The molecule has 0 amide bonds. The third-order valence-electron chi connectivity index (χ3n) is 6.16. The van der Waals surface area contributed by atoms with Crippen molar-refractivity contribution >= 4 is 11.8 Å². The molecule has 25 heavy (non-hydrogen) atoms. The van der Waals surface area contributed by atoms with Crippen LogP contribution in [0.1, 0.15) is 42.0 Å². The van der Waals surface area contributed by atoms with Gasteiger partial charge < -0.3 is 16.0 Å². The Labute approximate surface area is 148 Å². The maximum absolute atomic E-state index is 6.14. The summed E-state index contributed by atoms with van der Waals surface area (Å²) in [4.78, 5) is 11.9. The molecule has 2 aliphatic heterocycles. The van der Waals surface area contributed by atoms with Crippen LogP contribution in [0.3, 0.4) is 0 Å². The number of anilines is 2.